The van der Waals surface area contributed by atoms with Crippen molar-refractivity contribution in [2.24, 2.45) is 10.3 Å². The molecule has 1 aliphatic heterocycles. The van der Waals surface area contributed by atoms with Gasteiger partial charge in [-0.3, -0.25) is 0 Å². The summed E-state index contributed by atoms with van der Waals surface area (Å²) in [7, 11) is -3.95. The molecule has 1 heterocycles. The number of ether oxygens (including phenoxy) is 1. The largest absolute Gasteiger partial charge is 0.444 e. The van der Waals surface area contributed by atoms with Crippen LogP contribution in [0.25, 0.3) is 0 Å². The number of sulfonamides is 1. The molecule has 2 atom stereocenters. The number of nitrogens with zero attached hydrogens (tertiary/aromatic N) is 1. The molecule has 0 bridgehead atoms. The molecule has 10 heteroatoms. The number of fused-ring (bicyclic) bond motifs is 1. The van der Waals surface area contributed by atoms with Crippen LogP contribution in [0.15, 0.2) is 21.4 Å². The third-order valence-electron chi connectivity index (χ3n) is 5.29. The molecule has 0 saturated heterocycles. The van der Waals surface area contributed by atoms with Crippen molar-refractivity contribution in [2.75, 3.05) is 10.6 Å². The molecule has 3 N–H and O–H groups in total. The average Bonchev–Trinajstić information content (AvgIpc) is 3.36. The molecule has 8 nitrogen and oxygen atoms in total. The summed E-state index contributed by atoms with van der Waals surface area (Å²) in [5.74, 6) is -0.110. The average molecular weight is 439 g/mol. The van der Waals surface area contributed by atoms with E-state index in [1.807, 2.05) is 0 Å². The van der Waals surface area contributed by atoms with Gasteiger partial charge in [-0.15, -0.1) is 4.40 Å². The minimum absolute atomic E-state index is 0.0384. The Bertz CT molecular complexity index is 999. The summed E-state index contributed by atoms with van der Waals surface area (Å²) < 4.78 is 48.4. The number of rotatable bonds is 4. The number of carbonyl (C=O) groups is 1. The minimum Gasteiger partial charge on any atom is -0.444 e. The van der Waals surface area contributed by atoms with Gasteiger partial charge in [-0.2, -0.15) is 8.42 Å². The second-order valence-corrected chi connectivity index (χ2v) is 10.7. The van der Waals surface area contributed by atoms with E-state index in [4.69, 9.17) is 4.74 Å². The number of benzene rings is 1. The number of anilines is 2. The predicted molar refractivity (Wildman–Crippen MR) is 112 cm³/mol. The van der Waals surface area contributed by atoms with Gasteiger partial charge in [0, 0.05) is 18.0 Å². The first-order valence-corrected chi connectivity index (χ1v) is 11.7. The maximum atomic E-state index is 14.2. The number of alkyl carbamates (subject to hydrolysis) is 1. The number of amides is 1. The first kappa shape index (κ1) is 20.9. The first-order valence-electron chi connectivity index (χ1n) is 10.2. The fourth-order valence-electron chi connectivity index (χ4n) is 3.83. The van der Waals surface area contributed by atoms with Gasteiger partial charge in [-0.25, -0.2) is 9.18 Å². The molecule has 30 heavy (non-hydrogen) atoms. The Morgan fingerprint density at radius 1 is 1.20 bits per heavy atom. The fourth-order valence-corrected chi connectivity index (χ4v) is 5.06. The molecule has 4 rings (SSSR count). The van der Waals surface area contributed by atoms with E-state index in [9.17, 15) is 17.6 Å². The molecule has 2 aliphatic carbocycles. The second kappa shape index (κ2) is 7.40. The molecule has 1 aromatic rings. The normalized spacial score (nSPS) is 25.0. The van der Waals surface area contributed by atoms with Crippen LogP contribution in [0.4, 0.5) is 20.6 Å². The summed E-state index contributed by atoms with van der Waals surface area (Å²) in [6.45, 7) is 5.41. The molecule has 0 unspecified atom stereocenters. The summed E-state index contributed by atoms with van der Waals surface area (Å²) >= 11 is 0. The van der Waals surface area contributed by atoms with E-state index in [0.717, 1.165) is 31.7 Å². The Morgan fingerprint density at radius 3 is 2.57 bits per heavy atom. The Morgan fingerprint density at radius 2 is 1.90 bits per heavy atom. The maximum Gasteiger partial charge on any atom is 0.407 e. The van der Waals surface area contributed by atoms with Crippen molar-refractivity contribution in [2.45, 2.75) is 75.5 Å². The van der Waals surface area contributed by atoms with Crippen molar-refractivity contribution in [1.82, 2.24) is 5.32 Å². The summed E-state index contributed by atoms with van der Waals surface area (Å²) in [6, 6.07) is 2.19. The molecule has 2 saturated carbocycles. The fraction of sp³-hybridized carbons (Fsp3) is 0.600. The van der Waals surface area contributed by atoms with Gasteiger partial charge in [0.2, 0.25) is 0 Å². The van der Waals surface area contributed by atoms with Crippen LogP contribution < -0.4 is 16.0 Å². The Labute approximate surface area is 175 Å². The van der Waals surface area contributed by atoms with Crippen molar-refractivity contribution in [1.29, 1.82) is 0 Å². The molecule has 0 radical (unpaired) electrons. The van der Waals surface area contributed by atoms with Gasteiger partial charge < -0.3 is 20.7 Å². The van der Waals surface area contributed by atoms with Crippen LogP contribution in [0, 0.1) is 11.7 Å². The van der Waals surface area contributed by atoms with Crippen molar-refractivity contribution >= 4 is 33.3 Å². The molecule has 0 aromatic heterocycles. The minimum atomic E-state index is -3.95. The Balaban J connectivity index is 1.48. The highest BCUT2D eigenvalue weighted by atomic mass is 32.2. The monoisotopic (exact) mass is 438 g/mol. The number of amidine groups is 1. The van der Waals surface area contributed by atoms with Crippen LogP contribution in [0.3, 0.4) is 0 Å². The van der Waals surface area contributed by atoms with E-state index in [1.165, 1.54) is 6.07 Å². The summed E-state index contributed by atoms with van der Waals surface area (Å²) in [4.78, 5) is 11.8. The maximum absolute atomic E-state index is 14.2. The van der Waals surface area contributed by atoms with Gasteiger partial charge in [-0.1, -0.05) is 0 Å². The third-order valence-corrected chi connectivity index (χ3v) is 6.61. The topological polar surface area (TPSA) is 109 Å². The molecule has 1 aromatic carbocycles. The van der Waals surface area contributed by atoms with Crippen molar-refractivity contribution in [3.63, 3.8) is 0 Å². The summed E-state index contributed by atoms with van der Waals surface area (Å²) in [5.41, 5.74) is 0.167. The van der Waals surface area contributed by atoms with Crippen LogP contribution >= 0.6 is 0 Å². The van der Waals surface area contributed by atoms with Gasteiger partial charge in [0.1, 0.15) is 22.1 Å². The molecule has 2 fully saturated rings. The highest BCUT2D eigenvalue weighted by Crippen LogP contribution is 2.41. The first-order chi connectivity index (χ1) is 14.0. The second-order valence-electron chi connectivity index (χ2n) is 9.17. The molecule has 164 valence electrons. The summed E-state index contributed by atoms with van der Waals surface area (Å²) in [6.07, 6.45) is 3.44. The van der Waals surface area contributed by atoms with Crippen molar-refractivity contribution < 1.29 is 22.3 Å². The lowest BCUT2D eigenvalue weighted by atomic mass is 10.2. The van der Waals surface area contributed by atoms with Crippen LogP contribution in [0.1, 0.15) is 52.9 Å². The van der Waals surface area contributed by atoms with Gasteiger partial charge in [0.05, 0.1) is 11.4 Å². The molecule has 3 aliphatic rings. The molecule has 1 amide bonds. The smallest absolute Gasteiger partial charge is 0.407 e. The molecule has 0 spiro atoms. The highest BCUT2D eigenvalue weighted by molar-refractivity contribution is 7.90. The highest BCUT2D eigenvalue weighted by Gasteiger charge is 2.36. The zero-order chi connectivity index (χ0) is 21.7. The van der Waals surface area contributed by atoms with E-state index < -0.39 is 27.5 Å². The van der Waals surface area contributed by atoms with Crippen LogP contribution in [-0.2, 0) is 14.8 Å². The third kappa shape index (κ3) is 4.69. The molecular weight excluding hydrogens is 411 g/mol. The number of hydrogen-bond donors (Lipinski definition) is 3. The van der Waals surface area contributed by atoms with E-state index in [2.05, 4.69) is 20.3 Å². The standard InChI is InChI=1S/C20H27FN4O4S/c1-20(2,3)29-19(26)23-14-7-6-13(10-14)22-15-8-12(21)9-16-17(15)24-18(11-4-5-11)25-30(16,27)28/h8-9,11,13-14,22H,4-7,10H2,1-3H3,(H,23,26)(H,24,25)/t13-,14+/m1/s1. The van der Waals surface area contributed by atoms with Crippen LogP contribution in [0.5, 0.6) is 0 Å². The van der Waals surface area contributed by atoms with Gasteiger partial charge in [0.25, 0.3) is 10.0 Å². The van der Waals surface area contributed by atoms with E-state index in [1.54, 1.807) is 20.8 Å². The Kier molecular flexibility index (Phi) is 5.16. The quantitative estimate of drug-likeness (QED) is 0.663. The van der Waals surface area contributed by atoms with Crippen LogP contribution in [-0.4, -0.2) is 38.0 Å². The zero-order valence-electron chi connectivity index (χ0n) is 17.3. The van der Waals surface area contributed by atoms with Gasteiger partial charge in [0.15, 0.2) is 0 Å². The Hall–Kier alpha value is -2.36. The summed E-state index contributed by atoms with van der Waals surface area (Å²) in [5, 5.41) is 9.23. The van der Waals surface area contributed by atoms with E-state index >= 15 is 0 Å². The lowest BCUT2D eigenvalue weighted by Gasteiger charge is -2.24. The molecular formula is C20H27FN4O4S. The number of hydrogen-bond acceptors (Lipinski definition) is 6. The predicted octanol–water partition coefficient (Wildman–Crippen LogP) is 3.61. The lowest BCUT2D eigenvalue weighted by molar-refractivity contribution is 0.0505. The number of halogens is 1. The number of carbonyl (C=O) groups excluding carboxylic acids is 1. The van der Waals surface area contributed by atoms with Crippen molar-refractivity contribution in [3.8, 4) is 0 Å². The van der Waals surface area contributed by atoms with Crippen LogP contribution in [0.2, 0.25) is 0 Å². The SMILES string of the molecule is CC(C)(C)OC(=O)N[C@H]1CC[C@@H](Nc2cc(F)cc3c2NC(C2CC2)=NS3(=O)=O)C1. The number of nitrogens with one attached hydrogen (secondary N) is 3. The van der Waals surface area contributed by atoms with Gasteiger partial charge >= 0.3 is 6.09 Å². The lowest BCUT2D eigenvalue weighted by Crippen LogP contribution is -2.38. The van der Waals surface area contributed by atoms with E-state index in [0.29, 0.717) is 23.6 Å². The zero-order valence-corrected chi connectivity index (χ0v) is 18.1. The van der Waals surface area contributed by atoms with Gasteiger partial charge in [-0.05, 0) is 65.0 Å². The van der Waals surface area contributed by atoms with Crippen molar-refractivity contribution in [3.05, 3.63) is 17.9 Å². The van der Waals surface area contributed by atoms with E-state index in [-0.39, 0.29) is 22.9 Å².